The quantitative estimate of drug-likeness (QED) is 0.877. The van der Waals surface area contributed by atoms with E-state index in [4.69, 9.17) is 4.42 Å². The van der Waals surface area contributed by atoms with Gasteiger partial charge in [0.25, 0.3) is 0 Å². The Bertz CT molecular complexity index is 619. The van der Waals surface area contributed by atoms with E-state index in [-0.39, 0.29) is 6.04 Å². The minimum atomic E-state index is -0.564. The lowest BCUT2D eigenvalue weighted by atomic mass is 10.0. The monoisotopic (exact) mass is 293 g/mol. The highest BCUT2D eigenvalue weighted by Gasteiger charge is 2.23. The molecule has 2 nitrogen and oxygen atoms in total. The van der Waals surface area contributed by atoms with Crippen LogP contribution in [0, 0.1) is 18.6 Å². The first-order chi connectivity index (χ1) is 9.92. The highest BCUT2D eigenvalue weighted by atomic mass is 19.1. The molecule has 1 heterocycles. The highest BCUT2D eigenvalue weighted by molar-refractivity contribution is 5.33. The fraction of sp³-hybridized carbons (Fsp3) is 0.412. The largest absolute Gasteiger partial charge is 0.464 e. The predicted molar refractivity (Wildman–Crippen MR) is 79.3 cm³/mol. The van der Waals surface area contributed by atoms with Gasteiger partial charge in [-0.1, -0.05) is 6.92 Å². The van der Waals surface area contributed by atoms with Crippen molar-refractivity contribution in [3.8, 4) is 0 Å². The molecular formula is C17H21F2NO. The maximum atomic E-state index is 14.2. The fourth-order valence-corrected chi connectivity index (χ4v) is 2.30. The van der Waals surface area contributed by atoms with Crippen molar-refractivity contribution in [2.45, 2.75) is 46.2 Å². The molecule has 1 aromatic heterocycles. The van der Waals surface area contributed by atoms with E-state index in [0.717, 1.165) is 18.2 Å². The molecule has 0 saturated carbocycles. The Balaban J connectivity index is 2.47. The summed E-state index contributed by atoms with van der Waals surface area (Å²) in [5.41, 5.74) is 0.823. The second-order valence-corrected chi connectivity index (χ2v) is 5.53. The van der Waals surface area contributed by atoms with E-state index in [1.165, 1.54) is 0 Å². The number of nitrogens with one attached hydrogen (secondary N) is 1. The zero-order valence-corrected chi connectivity index (χ0v) is 12.8. The standard InChI is InChI=1S/C17H21F2NO/c1-5-12-6-7-16(21-12)17(20-10(2)3)13-8-11(4)14(18)9-15(13)19/h6-10,17,20H,5H2,1-4H3. The van der Waals surface area contributed by atoms with Crippen LogP contribution in [0.15, 0.2) is 28.7 Å². The van der Waals surface area contributed by atoms with Crippen molar-refractivity contribution in [1.82, 2.24) is 5.32 Å². The van der Waals surface area contributed by atoms with E-state index in [1.807, 2.05) is 32.9 Å². The van der Waals surface area contributed by atoms with Crippen LogP contribution in [-0.4, -0.2) is 6.04 Å². The molecule has 0 saturated heterocycles. The highest BCUT2D eigenvalue weighted by Crippen LogP contribution is 2.28. The molecule has 1 aromatic carbocycles. The molecule has 4 heteroatoms. The van der Waals surface area contributed by atoms with Gasteiger partial charge in [-0.15, -0.1) is 0 Å². The normalized spacial score (nSPS) is 12.9. The van der Waals surface area contributed by atoms with Crippen LogP contribution < -0.4 is 5.32 Å². The zero-order valence-electron chi connectivity index (χ0n) is 12.8. The predicted octanol–water partition coefficient (Wildman–Crippen LogP) is 4.52. The number of aryl methyl sites for hydroxylation is 2. The molecule has 114 valence electrons. The molecule has 0 fully saturated rings. The average Bonchev–Trinajstić information content (AvgIpc) is 2.89. The Labute approximate surface area is 124 Å². The summed E-state index contributed by atoms with van der Waals surface area (Å²) in [6.45, 7) is 7.58. The van der Waals surface area contributed by atoms with Crippen LogP contribution >= 0.6 is 0 Å². The van der Waals surface area contributed by atoms with Gasteiger partial charge >= 0.3 is 0 Å². The Morgan fingerprint density at radius 1 is 1.14 bits per heavy atom. The summed E-state index contributed by atoms with van der Waals surface area (Å²) in [5, 5.41) is 3.28. The first-order valence-corrected chi connectivity index (χ1v) is 7.22. The molecule has 0 spiro atoms. The minimum absolute atomic E-state index is 0.134. The topological polar surface area (TPSA) is 25.2 Å². The molecule has 1 atom stereocenters. The minimum Gasteiger partial charge on any atom is -0.464 e. The summed E-state index contributed by atoms with van der Waals surface area (Å²) in [5.74, 6) is 0.393. The second-order valence-electron chi connectivity index (χ2n) is 5.53. The number of benzene rings is 1. The molecule has 1 unspecified atom stereocenters. The van der Waals surface area contributed by atoms with Crippen molar-refractivity contribution in [2.24, 2.45) is 0 Å². The number of rotatable bonds is 5. The molecule has 0 aliphatic heterocycles. The molecule has 0 aliphatic rings. The maximum absolute atomic E-state index is 14.2. The van der Waals surface area contributed by atoms with Crippen LogP contribution in [0.25, 0.3) is 0 Å². The van der Waals surface area contributed by atoms with Crippen LogP contribution in [0.3, 0.4) is 0 Å². The van der Waals surface area contributed by atoms with Crippen molar-refractivity contribution in [3.05, 3.63) is 58.5 Å². The zero-order chi connectivity index (χ0) is 15.6. The van der Waals surface area contributed by atoms with E-state index in [1.54, 1.807) is 13.0 Å². The van der Waals surface area contributed by atoms with Crippen molar-refractivity contribution in [3.63, 3.8) is 0 Å². The van der Waals surface area contributed by atoms with E-state index >= 15 is 0 Å². The summed E-state index contributed by atoms with van der Waals surface area (Å²) < 4.78 is 33.4. The van der Waals surface area contributed by atoms with Gasteiger partial charge in [-0.3, -0.25) is 0 Å². The van der Waals surface area contributed by atoms with Crippen LogP contribution in [-0.2, 0) is 6.42 Å². The lowest BCUT2D eigenvalue weighted by molar-refractivity contribution is 0.396. The molecule has 0 radical (unpaired) electrons. The van der Waals surface area contributed by atoms with Gasteiger partial charge in [-0.05, 0) is 44.5 Å². The SMILES string of the molecule is CCc1ccc(C(NC(C)C)c2cc(C)c(F)cc2F)o1. The van der Waals surface area contributed by atoms with E-state index in [2.05, 4.69) is 5.32 Å². The molecule has 0 aliphatic carbocycles. The van der Waals surface area contributed by atoms with Crippen molar-refractivity contribution in [2.75, 3.05) is 0 Å². The van der Waals surface area contributed by atoms with Gasteiger partial charge in [-0.2, -0.15) is 0 Å². The molecule has 0 bridgehead atoms. The third kappa shape index (κ3) is 3.50. The lowest BCUT2D eigenvalue weighted by Crippen LogP contribution is -2.29. The van der Waals surface area contributed by atoms with E-state index in [0.29, 0.717) is 16.9 Å². The molecule has 0 amide bonds. The Kier molecular flexibility index (Phi) is 4.78. The summed E-state index contributed by atoms with van der Waals surface area (Å²) in [6.07, 6.45) is 0.777. The Morgan fingerprint density at radius 3 is 2.43 bits per heavy atom. The summed E-state index contributed by atoms with van der Waals surface area (Å²) >= 11 is 0. The van der Waals surface area contributed by atoms with Crippen LogP contribution in [0.4, 0.5) is 8.78 Å². The smallest absolute Gasteiger partial charge is 0.131 e. The third-order valence-electron chi connectivity index (χ3n) is 3.40. The third-order valence-corrected chi connectivity index (χ3v) is 3.40. The lowest BCUT2D eigenvalue weighted by Gasteiger charge is -2.21. The summed E-state index contributed by atoms with van der Waals surface area (Å²) in [6, 6.07) is 5.91. The van der Waals surface area contributed by atoms with E-state index < -0.39 is 17.7 Å². The van der Waals surface area contributed by atoms with Crippen LogP contribution in [0.5, 0.6) is 0 Å². The number of hydrogen-bond donors (Lipinski definition) is 1. The number of hydrogen-bond acceptors (Lipinski definition) is 2. The fourth-order valence-electron chi connectivity index (χ4n) is 2.30. The van der Waals surface area contributed by atoms with Gasteiger partial charge in [0.05, 0.1) is 6.04 Å². The summed E-state index contributed by atoms with van der Waals surface area (Å²) in [4.78, 5) is 0. The van der Waals surface area contributed by atoms with Gasteiger partial charge in [0.15, 0.2) is 0 Å². The summed E-state index contributed by atoms with van der Waals surface area (Å²) in [7, 11) is 0. The maximum Gasteiger partial charge on any atom is 0.131 e. The molecule has 1 N–H and O–H groups in total. The van der Waals surface area contributed by atoms with Gasteiger partial charge in [0.2, 0.25) is 0 Å². The van der Waals surface area contributed by atoms with Gasteiger partial charge < -0.3 is 9.73 Å². The average molecular weight is 293 g/mol. The number of halogens is 2. The van der Waals surface area contributed by atoms with Crippen molar-refractivity contribution in [1.29, 1.82) is 0 Å². The second kappa shape index (κ2) is 6.39. The van der Waals surface area contributed by atoms with Crippen molar-refractivity contribution < 1.29 is 13.2 Å². The van der Waals surface area contributed by atoms with Gasteiger partial charge in [0.1, 0.15) is 23.2 Å². The first kappa shape index (κ1) is 15.7. The van der Waals surface area contributed by atoms with Gasteiger partial charge in [0, 0.05) is 24.1 Å². The Hall–Kier alpha value is -1.68. The number of furan rings is 1. The first-order valence-electron chi connectivity index (χ1n) is 7.22. The van der Waals surface area contributed by atoms with Crippen LogP contribution in [0.2, 0.25) is 0 Å². The van der Waals surface area contributed by atoms with Gasteiger partial charge in [-0.25, -0.2) is 8.78 Å². The molecule has 2 aromatic rings. The van der Waals surface area contributed by atoms with Crippen molar-refractivity contribution >= 4 is 0 Å². The molecule has 2 rings (SSSR count). The van der Waals surface area contributed by atoms with Crippen LogP contribution in [0.1, 0.15) is 49.5 Å². The Morgan fingerprint density at radius 2 is 1.86 bits per heavy atom. The van der Waals surface area contributed by atoms with E-state index in [9.17, 15) is 8.78 Å². The molecular weight excluding hydrogens is 272 g/mol. The molecule has 21 heavy (non-hydrogen) atoms.